The fourth-order valence-electron chi connectivity index (χ4n) is 4.55. The third kappa shape index (κ3) is 6.51. The first-order valence-electron chi connectivity index (χ1n) is 11.8. The van der Waals surface area contributed by atoms with E-state index in [1.165, 1.54) is 5.56 Å². The van der Waals surface area contributed by atoms with Crippen LogP contribution >= 0.6 is 0 Å². The van der Waals surface area contributed by atoms with Gasteiger partial charge in [0.15, 0.2) is 0 Å². The Hall–Kier alpha value is -2.58. The molecule has 0 unspecified atom stereocenters. The molecule has 0 amide bonds. The number of rotatable bonds is 12. The van der Waals surface area contributed by atoms with Gasteiger partial charge in [0.2, 0.25) is 0 Å². The topological polar surface area (TPSA) is 77.4 Å². The maximum atomic E-state index is 11.1. The third-order valence-corrected chi connectivity index (χ3v) is 6.25. The summed E-state index contributed by atoms with van der Waals surface area (Å²) >= 11 is 0. The van der Waals surface area contributed by atoms with E-state index in [1.807, 2.05) is 55.5 Å². The Morgan fingerprint density at radius 2 is 1.38 bits per heavy atom. The van der Waals surface area contributed by atoms with E-state index >= 15 is 0 Å². The number of benzene rings is 1. The summed E-state index contributed by atoms with van der Waals surface area (Å²) in [5.41, 5.74) is 1.19. The Balaban J connectivity index is 1.42. The van der Waals surface area contributed by atoms with Crippen molar-refractivity contribution < 1.29 is 28.2 Å². The van der Waals surface area contributed by atoms with Crippen LogP contribution in [0.4, 0.5) is 0 Å². The summed E-state index contributed by atoms with van der Waals surface area (Å²) in [5, 5.41) is 11.1. The molecule has 4 rings (SSSR count). The van der Waals surface area contributed by atoms with Gasteiger partial charge in [-0.1, -0.05) is 17.7 Å². The quantitative estimate of drug-likeness (QED) is 0.412. The van der Waals surface area contributed by atoms with E-state index in [4.69, 9.17) is 23.0 Å². The number of ether oxygens (including phenoxy) is 3. The molecule has 3 aromatic rings. The highest BCUT2D eigenvalue weighted by Gasteiger charge is 2.37. The lowest BCUT2D eigenvalue weighted by molar-refractivity contribution is 0.0214. The number of hydrogen-bond donors (Lipinski definition) is 1. The Morgan fingerprint density at radius 1 is 0.824 bits per heavy atom. The van der Waals surface area contributed by atoms with Crippen LogP contribution in [-0.4, -0.2) is 43.0 Å². The number of furan rings is 2. The second-order valence-corrected chi connectivity index (χ2v) is 9.07. The van der Waals surface area contributed by atoms with Crippen LogP contribution in [0.25, 0.3) is 0 Å². The summed E-state index contributed by atoms with van der Waals surface area (Å²) in [6.07, 6.45) is 0.979. The van der Waals surface area contributed by atoms with Crippen LogP contribution in [0.3, 0.4) is 0 Å². The van der Waals surface area contributed by atoms with Gasteiger partial charge in [0, 0.05) is 26.7 Å². The normalized spacial score (nSPS) is 20.3. The molecule has 3 atom stereocenters. The summed E-state index contributed by atoms with van der Waals surface area (Å²) < 4.78 is 28.3. The van der Waals surface area contributed by atoms with Crippen molar-refractivity contribution in [2.24, 2.45) is 5.92 Å². The maximum Gasteiger partial charge on any atom is 0.129 e. The van der Waals surface area contributed by atoms with Crippen LogP contribution in [0.2, 0.25) is 0 Å². The summed E-state index contributed by atoms with van der Waals surface area (Å²) in [5.74, 6) is 4.20. The minimum absolute atomic E-state index is 0.0947. The van der Waals surface area contributed by atoms with Gasteiger partial charge < -0.3 is 28.2 Å². The molecule has 34 heavy (non-hydrogen) atoms. The van der Waals surface area contributed by atoms with E-state index < -0.39 is 6.10 Å². The first-order valence-corrected chi connectivity index (χ1v) is 11.8. The van der Waals surface area contributed by atoms with Crippen LogP contribution in [0, 0.1) is 12.8 Å². The summed E-state index contributed by atoms with van der Waals surface area (Å²) in [6.45, 7) is 4.85. The number of aliphatic hydroxyl groups excluding tert-OH is 1. The van der Waals surface area contributed by atoms with Gasteiger partial charge >= 0.3 is 0 Å². The molecular formula is C27H35NO6. The highest BCUT2D eigenvalue weighted by Crippen LogP contribution is 2.31. The molecule has 184 valence electrons. The highest BCUT2D eigenvalue weighted by molar-refractivity contribution is 5.26. The number of nitrogens with zero attached hydrogens (tertiary/aromatic N) is 1. The number of methoxy groups -OCH3 is 2. The van der Waals surface area contributed by atoms with E-state index in [0.29, 0.717) is 32.8 Å². The summed E-state index contributed by atoms with van der Waals surface area (Å²) in [4.78, 5) is 2.26. The van der Waals surface area contributed by atoms with Gasteiger partial charge in [0.1, 0.15) is 48.1 Å². The molecule has 0 radical (unpaired) electrons. The largest absolute Gasteiger partial charge is 0.488 e. The fraction of sp³-hybridized carbons (Fsp3) is 0.481. The van der Waals surface area contributed by atoms with E-state index in [2.05, 4.69) is 4.90 Å². The molecule has 1 aliphatic carbocycles. The first-order chi connectivity index (χ1) is 16.5. The molecule has 1 aromatic carbocycles. The lowest BCUT2D eigenvalue weighted by Gasteiger charge is -2.27. The van der Waals surface area contributed by atoms with Gasteiger partial charge in [0.25, 0.3) is 0 Å². The zero-order chi connectivity index (χ0) is 23.9. The average Bonchev–Trinajstić information content (AvgIpc) is 3.53. The molecule has 1 saturated carbocycles. The van der Waals surface area contributed by atoms with Crippen molar-refractivity contribution in [3.05, 3.63) is 77.1 Å². The van der Waals surface area contributed by atoms with Crippen molar-refractivity contribution >= 4 is 0 Å². The van der Waals surface area contributed by atoms with Gasteiger partial charge in [-0.3, -0.25) is 4.90 Å². The molecule has 1 N–H and O–H groups in total. The summed E-state index contributed by atoms with van der Waals surface area (Å²) in [7, 11) is 3.30. The van der Waals surface area contributed by atoms with Gasteiger partial charge in [0.05, 0.1) is 19.2 Å². The third-order valence-electron chi connectivity index (χ3n) is 6.25. The van der Waals surface area contributed by atoms with E-state index in [-0.39, 0.29) is 12.0 Å². The molecule has 2 heterocycles. The minimum Gasteiger partial charge on any atom is -0.488 e. The average molecular weight is 470 g/mol. The smallest absolute Gasteiger partial charge is 0.129 e. The SMILES string of the molecule is COCc1ccc(CN(Cc2ccc(COC)o2)C[C@H]2CC[C@@H](Oc3ccc(C)cc3)[C@@H]2O)o1. The molecule has 2 aromatic heterocycles. The lowest BCUT2D eigenvalue weighted by Crippen LogP contribution is -2.37. The van der Waals surface area contributed by atoms with E-state index in [0.717, 1.165) is 41.6 Å². The second-order valence-electron chi connectivity index (χ2n) is 9.07. The van der Waals surface area contributed by atoms with Crippen molar-refractivity contribution in [2.75, 3.05) is 20.8 Å². The van der Waals surface area contributed by atoms with Gasteiger partial charge in [-0.05, 0) is 56.2 Å². The lowest BCUT2D eigenvalue weighted by atomic mass is 10.0. The molecule has 1 fully saturated rings. The molecule has 7 heteroatoms. The highest BCUT2D eigenvalue weighted by atomic mass is 16.5. The maximum absolute atomic E-state index is 11.1. The van der Waals surface area contributed by atoms with Crippen molar-refractivity contribution in [1.29, 1.82) is 0 Å². The zero-order valence-electron chi connectivity index (χ0n) is 20.2. The van der Waals surface area contributed by atoms with Crippen LogP contribution in [0.5, 0.6) is 5.75 Å². The molecule has 7 nitrogen and oxygen atoms in total. The molecule has 0 aliphatic heterocycles. The number of aryl methyl sites for hydroxylation is 1. The monoisotopic (exact) mass is 469 g/mol. The molecule has 0 spiro atoms. The van der Waals surface area contributed by atoms with Gasteiger partial charge in [-0.15, -0.1) is 0 Å². The predicted octanol–water partition coefficient (Wildman–Crippen LogP) is 4.69. The standard InChI is InChI=1S/C27H35NO6/c1-19-4-7-21(8-5-19)34-26-13-6-20(27(26)29)14-28(15-22-9-11-24(32-22)17-30-2)16-23-10-12-25(33-23)18-31-3/h4-5,7-12,20,26-27,29H,6,13-18H2,1-3H3/t20-,26-,27-/m1/s1. The van der Waals surface area contributed by atoms with Crippen LogP contribution in [-0.2, 0) is 35.8 Å². The fourth-order valence-corrected chi connectivity index (χ4v) is 4.55. The van der Waals surface area contributed by atoms with Gasteiger partial charge in [-0.2, -0.15) is 0 Å². The van der Waals surface area contributed by atoms with E-state index in [9.17, 15) is 5.11 Å². The zero-order valence-corrected chi connectivity index (χ0v) is 20.2. The van der Waals surface area contributed by atoms with Gasteiger partial charge in [-0.25, -0.2) is 0 Å². The first kappa shape index (κ1) is 24.5. The van der Waals surface area contributed by atoms with Crippen LogP contribution in [0.1, 0.15) is 41.4 Å². The number of hydrogen-bond acceptors (Lipinski definition) is 7. The minimum atomic E-state index is -0.537. The van der Waals surface area contributed by atoms with Crippen molar-refractivity contribution in [3.8, 4) is 5.75 Å². The Kier molecular flexibility index (Phi) is 8.45. The molecular weight excluding hydrogens is 434 g/mol. The summed E-state index contributed by atoms with van der Waals surface area (Å²) in [6, 6.07) is 15.8. The second kappa shape index (κ2) is 11.7. The number of aliphatic hydroxyl groups is 1. The molecule has 1 aliphatic rings. The van der Waals surface area contributed by atoms with Crippen molar-refractivity contribution in [1.82, 2.24) is 4.90 Å². The van der Waals surface area contributed by atoms with E-state index in [1.54, 1.807) is 14.2 Å². The Labute approximate surface area is 201 Å². The molecule has 0 bridgehead atoms. The van der Waals surface area contributed by atoms with Crippen LogP contribution in [0.15, 0.2) is 57.4 Å². The van der Waals surface area contributed by atoms with Crippen LogP contribution < -0.4 is 4.74 Å². The Morgan fingerprint density at radius 3 is 1.94 bits per heavy atom. The van der Waals surface area contributed by atoms with Crippen molar-refractivity contribution in [3.63, 3.8) is 0 Å². The van der Waals surface area contributed by atoms with Crippen molar-refractivity contribution in [2.45, 2.75) is 58.3 Å². The predicted molar refractivity (Wildman–Crippen MR) is 127 cm³/mol. The molecule has 0 saturated heterocycles. The Bertz CT molecular complexity index is 964.